The fraction of sp³-hybridized carbons (Fsp3) is 0.633. The minimum atomic E-state index is -0.332. The molecule has 5 aliphatic rings. The molecule has 1 saturated heterocycles. The Hall–Kier alpha value is -2.74. The molecule has 5 fully saturated rings. The Morgan fingerprint density at radius 3 is 2.29 bits per heavy atom. The average molecular weight is 522 g/mol. The largest absolute Gasteiger partial charge is 0.340 e. The van der Waals surface area contributed by atoms with Crippen LogP contribution < -0.4 is 5.56 Å². The number of hydrogen-bond acceptors (Lipinski definition) is 4. The number of piperazine rings is 1. The van der Waals surface area contributed by atoms with Crippen LogP contribution in [0.3, 0.4) is 0 Å². The maximum Gasteiger partial charge on any atom is 0.280 e. The van der Waals surface area contributed by atoms with Gasteiger partial charge in [-0.2, -0.15) is 0 Å². The molecule has 204 valence electrons. The Labute approximate surface area is 224 Å². The Bertz CT molecular complexity index is 1200. The first-order valence-corrected chi connectivity index (χ1v) is 14.6. The zero-order valence-electron chi connectivity index (χ0n) is 22.5. The summed E-state index contributed by atoms with van der Waals surface area (Å²) in [7, 11) is 0. The number of amides is 1. The molecule has 1 aromatic heterocycles. The number of nitrogens with zero attached hydrogens (tertiary/aromatic N) is 4. The van der Waals surface area contributed by atoms with Crippen molar-refractivity contribution in [1.29, 1.82) is 0 Å². The molecule has 1 aromatic carbocycles. The van der Waals surface area contributed by atoms with Gasteiger partial charge in [-0.3, -0.25) is 24.6 Å². The molecule has 2 heterocycles. The smallest absolute Gasteiger partial charge is 0.280 e. The van der Waals surface area contributed by atoms with Gasteiger partial charge in [-0.1, -0.05) is 13.3 Å². The van der Waals surface area contributed by atoms with Crippen molar-refractivity contribution in [3.8, 4) is 5.69 Å². The van der Waals surface area contributed by atoms with Crippen LogP contribution in [0.5, 0.6) is 0 Å². The highest BCUT2D eigenvalue weighted by Crippen LogP contribution is 2.60. The van der Waals surface area contributed by atoms with Crippen molar-refractivity contribution in [2.24, 2.45) is 28.2 Å². The van der Waals surface area contributed by atoms with E-state index in [2.05, 4.69) is 26.8 Å². The molecule has 2 aromatic rings. The van der Waals surface area contributed by atoms with Crippen molar-refractivity contribution in [1.82, 2.24) is 19.6 Å². The molecule has 8 heteroatoms. The average Bonchev–Trinajstić information content (AvgIpc) is 3.21. The van der Waals surface area contributed by atoms with Crippen LogP contribution in [0.1, 0.15) is 63.1 Å². The molecule has 4 saturated carbocycles. The normalized spacial score (nSPS) is 29.0. The number of benzene rings is 1. The summed E-state index contributed by atoms with van der Waals surface area (Å²) >= 11 is 0. The van der Waals surface area contributed by atoms with Gasteiger partial charge in [0, 0.05) is 44.6 Å². The molecule has 0 unspecified atom stereocenters. The molecule has 4 aliphatic carbocycles. The second-order valence-electron chi connectivity index (χ2n) is 12.2. The Kier molecular flexibility index (Phi) is 7.01. The first-order valence-electron chi connectivity index (χ1n) is 14.6. The molecule has 7 rings (SSSR count). The maximum atomic E-state index is 13.6. The van der Waals surface area contributed by atoms with E-state index in [0.717, 1.165) is 88.3 Å². The molecule has 1 amide bonds. The van der Waals surface area contributed by atoms with E-state index >= 15 is 0 Å². The van der Waals surface area contributed by atoms with Crippen molar-refractivity contribution >= 4 is 12.1 Å². The van der Waals surface area contributed by atoms with E-state index in [-0.39, 0.29) is 16.8 Å². The number of halogens is 1. The SMILES string of the molecule is CCCc1[nH]n(-c2ccc(F)cc2)c(=O)c1C=NCCN1CCN(C(=O)C23CC4CC(CC(C4)C2)C3)CC1. The van der Waals surface area contributed by atoms with E-state index in [1.165, 1.54) is 36.1 Å². The van der Waals surface area contributed by atoms with Crippen LogP contribution in [0.2, 0.25) is 0 Å². The molecule has 0 spiro atoms. The van der Waals surface area contributed by atoms with Gasteiger partial charge in [0.25, 0.3) is 5.56 Å². The number of aliphatic imine (C=N–C) groups is 1. The van der Waals surface area contributed by atoms with Crippen LogP contribution in [0, 0.1) is 29.0 Å². The van der Waals surface area contributed by atoms with Crippen LogP contribution >= 0.6 is 0 Å². The molecule has 7 nitrogen and oxygen atoms in total. The molecular weight excluding hydrogens is 481 g/mol. The van der Waals surface area contributed by atoms with E-state index in [1.807, 2.05) is 0 Å². The highest BCUT2D eigenvalue weighted by Gasteiger charge is 2.55. The van der Waals surface area contributed by atoms with Crippen LogP contribution in [-0.4, -0.2) is 71.0 Å². The number of hydrogen-bond donors (Lipinski definition) is 1. The van der Waals surface area contributed by atoms with Gasteiger partial charge in [-0.15, -0.1) is 0 Å². The second-order valence-corrected chi connectivity index (χ2v) is 12.2. The van der Waals surface area contributed by atoms with Crippen LogP contribution in [0.4, 0.5) is 4.39 Å². The number of aromatic nitrogens is 2. The standard InChI is InChI=1S/C30H40FN5O2/c1-2-3-27-26(28(37)36(33-27)25-6-4-24(31)5-7-25)20-32-8-9-34-10-12-35(13-11-34)29(38)30-17-21-14-22(18-30)16-23(15-21)19-30/h4-7,20-23,33H,2-3,8-19H2,1H3. The van der Waals surface area contributed by atoms with Gasteiger partial charge in [0.2, 0.25) is 5.91 Å². The lowest BCUT2D eigenvalue weighted by molar-refractivity contribution is -0.159. The minimum Gasteiger partial charge on any atom is -0.340 e. The van der Waals surface area contributed by atoms with E-state index in [0.29, 0.717) is 23.7 Å². The third kappa shape index (κ3) is 4.88. The van der Waals surface area contributed by atoms with Crippen LogP contribution in [-0.2, 0) is 11.2 Å². The summed E-state index contributed by atoms with van der Waals surface area (Å²) in [6, 6.07) is 5.90. The van der Waals surface area contributed by atoms with Crippen molar-refractivity contribution in [3.05, 3.63) is 51.7 Å². The summed E-state index contributed by atoms with van der Waals surface area (Å²) in [5.41, 5.74) is 1.81. The van der Waals surface area contributed by atoms with Gasteiger partial charge in [-0.25, -0.2) is 9.07 Å². The Morgan fingerprint density at radius 1 is 1.05 bits per heavy atom. The topological polar surface area (TPSA) is 73.7 Å². The summed E-state index contributed by atoms with van der Waals surface area (Å²) in [4.78, 5) is 35.8. The van der Waals surface area contributed by atoms with E-state index in [9.17, 15) is 14.0 Å². The predicted molar refractivity (Wildman–Crippen MR) is 146 cm³/mol. The van der Waals surface area contributed by atoms with Gasteiger partial charge in [0.05, 0.1) is 23.2 Å². The Morgan fingerprint density at radius 2 is 1.68 bits per heavy atom. The summed E-state index contributed by atoms with van der Waals surface area (Å²) in [5, 5.41) is 3.18. The molecular formula is C30H40FN5O2. The number of nitrogens with one attached hydrogen (secondary N) is 1. The Balaban J connectivity index is 1.03. The number of carbonyl (C=O) groups is 1. The number of aryl methyl sites for hydroxylation is 1. The monoisotopic (exact) mass is 521 g/mol. The lowest BCUT2D eigenvalue weighted by atomic mass is 9.49. The fourth-order valence-electron chi connectivity index (χ4n) is 8.08. The van der Waals surface area contributed by atoms with Gasteiger partial charge in [0.1, 0.15) is 5.82 Å². The zero-order valence-corrected chi connectivity index (χ0v) is 22.5. The molecule has 38 heavy (non-hydrogen) atoms. The summed E-state index contributed by atoms with van der Waals surface area (Å²) in [5.74, 6) is 2.50. The van der Waals surface area contributed by atoms with Crippen LogP contribution in [0.15, 0.2) is 34.1 Å². The fourth-order valence-corrected chi connectivity index (χ4v) is 8.08. The lowest BCUT2D eigenvalue weighted by Gasteiger charge is -2.57. The van der Waals surface area contributed by atoms with Crippen molar-refractivity contribution < 1.29 is 9.18 Å². The highest BCUT2D eigenvalue weighted by molar-refractivity contribution is 5.83. The lowest BCUT2D eigenvalue weighted by Crippen LogP contribution is -2.58. The second kappa shape index (κ2) is 10.4. The number of aromatic amines is 1. The van der Waals surface area contributed by atoms with Crippen molar-refractivity contribution in [2.75, 3.05) is 39.3 Å². The van der Waals surface area contributed by atoms with Gasteiger partial charge in [-0.05, 0) is 87.0 Å². The maximum absolute atomic E-state index is 13.6. The molecule has 4 bridgehead atoms. The van der Waals surface area contributed by atoms with E-state index in [1.54, 1.807) is 18.3 Å². The minimum absolute atomic E-state index is 0.0468. The van der Waals surface area contributed by atoms with Crippen molar-refractivity contribution in [2.45, 2.75) is 58.3 Å². The van der Waals surface area contributed by atoms with E-state index < -0.39 is 0 Å². The van der Waals surface area contributed by atoms with Crippen molar-refractivity contribution in [3.63, 3.8) is 0 Å². The third-order valence-corrected chi connectivity index (χ3v) is 9.51. The van der Waals surface area contributed by atoms with E-state index in [4.69, 9.17) is 0 Å². The first-order chi connectivity index (χ1) is 18.4. The quantitative estimate of drug-likeness (QED) is 0.533. The van der Waals surface area contributed by atoms with Gasteiger partial charge < -0.3 is 4.90 Å². The number of carbonyl (C=O) groups excluding carboxylic acids is 1. The summed E-state index contributed by atoms with van der Waals surface area (Å²) in [6.45, 7) is 6.88. The number of rotatable bonds is 8. The zero-order chi connectivity index (χ0) is 26.3. The van der Waals surface area contributed by atoms with Gasteiger partial charge in [0.15, 0.2) is 0 Å². The van der Waals surface area contributed by atoms with Gasteiger partial charge >= 0.3 is 0 Å². The third-order valence-electron chi connectivity index (χ3n) is 9.51. The molecule has 0 radical (unpaired) electrons. The molecule has 1 aliphatic heterocycles. The summed E-state index contributed by atoms with van der Waals surface area (Å²) < 4.78 is 14.8. The summed E-state index contributed by atoms with van der Waals surface area (Å²) in [6.07, 6.45) is 10.8. The predicted octanol–water partition coefficient (Wildman–Crippen LogP) is 4.04. The first kappa shape index (κ1) is 25.5. The number of H-pyrrole nitrogens is 1. The van der Waals surface area contributed by atoms with Crippen LogP contribution in [0.25, 0.3) is 5.69 Å². The molecule has 1 N–H and O–H groups in total. The highest BCUT2D eigenvalue weighted by atomic mass is 19.1. The molecule has 0 atom stereocenters.